The Morgan fingerprint density at radius 3 is 2.89 bits per heavy atom. The van der Waals surface area contributed by atoms with Gasteiger partial charge >= 0.3 is 0 Å². The number of rotatable bonds is 4. The van der Waals surface area contributed by atoms with E-state index in [-0.39, 0.29) is 0 Å². The Morgan fingerprint density at radius 2 is 2.17 bits per heavy atom. The van der Waals surface area contributed by atoms with Crippen LogP contribution in [0.25, 0.3) is 0 Å². The van der Waals surface area contributed by atoms with Crippen molar-refractivity contribution >= 4 is 0 Å². The molecular weight excluding hydrogens is 224 g/mol. The first-order chi connectivity index (χ1) is 8.79. The standard InChI is InChI=1S/C15H14N2O/c1-12-5-6-13(11-16)10-15(12)18-9-7-14-4-2-3-8-17-14/h2-6,8,10H,7,9H2,1H3. The minimum Gasteiger partial charge on any atom is -0.493 e. The van der Waals surface area contributed by atoms with Gasteiger partial charge in [0.15, 0.2) is 0 Å². The van der Waals surface area contributed by atoms with Crippen molar-refractivity contribution < 1.29 is 4.74 Å². The molecule has 0 spiro atoms. The summed E-state index contributed by atoms with van der Waals surface area (Å²) in [5.41, 5.74) is 2.66. The van der Waals surface area contributed by atoms with Gasteiger partial charge in [-0.25, -0.2) is 0 Å². The number of aryl methyl sites for hydroxylation is 1. The second-order valence-electron chi connectivity index (χ2n) is 4.01. The summed E-state index contributed by atoms with van der Waals surface area (Å²) in [6, 6.07) is 13.4. The molecule has 1 aromatic carbocycles. The molecule has 0 atom stereocenters. The predicted molar refractivity (Wildman–Crippen MR) is 69.3 cm³/mol. The first-order valence-corrected chi connectivity index (χ1v) is 5.83. The molecule has 0 saturated heterocycles. The van der Waals surface area contributed by atoms with Crippen LogP contribution in [0.2, 0.25) is 0 Å². The normalized spacial score (nSPS) is 9.78. The zero-order valence-corrected chi connectivity index (χ0v) is 10.3. The maximum Gasteiger partial charge on any atom is 0.123 e. The lowest BCUT2D eigenvalue weighted by Crippen LogP contribution is -2.03. The Hall–Kier alpha value is -2.34. The number of pyridine rings is 1. The molecule has 0 saturated carbocycles. The Bertz CT molecular complexity index is 558. The maximum absolute atomic E-state index is 8.84. The highest BCUT2D eigenvalue weighted by Crippen LogP contribution is 2.19. The molecule has 0 fully saturated rings. The molecule has 0 N–H and O–H groups in total. The van der Waals surface area contributed by atoms with Crippen LogP contribution in [0.3, 0.4) is 0 Å². The van der Waals surface area contributed by atoms with Gasteiger partial charge in [-0.1, -0.05) is 12.1 Å². The fourth-order valence-electron chi connectivity index (χ4n) is 1.64. The van der Waals surface area contributed by atoms with Gasteiger partial charge in [0.1, 0.15) is 5.75 Å². The highest BCUT2D eigenvalue weighted by molar-refractivity contribution is 5.41. The second kappa shape index (κ2) is 5.83. The average molecular weight is 238 g/mol. The summed E-state index contributed by atoms with van der Waals surface area (Å²) in [5.74, 6) is 0.769. The van der Waals surface area contributed by atoms with Gasteiger partial charge in [-0.15, -0.1) is 0 Å². The molecule has 2 rings (SSSR count). The Labute approximate surface area is 107 Å². The van der Waals surface area contributed by atoms with Gasteiger partial charge in [0.05, 0.1) is 18.2 Å². The molecule has 0 aliphatic rings. The lowest BCUT2D eigenvalue weighted by atomic mass is 10.1. The van der Waals surface area contributed by atoms with Gasteiger partial charge in [0.2, 0.25) is 0 Å². The summed E-state index contributed by atoms with van der Waals surface area (Å²) in [6.45, 7) is 2.53. The SMILES string of the molecule is Cc1ccc(C#N)cc1OCCc1ccccn1. The van der Waals surface area contributed by atoms with Crippen molar-refractivity contribution in [1.29, 1.82) is 5.26 Å². The molecule has 2 aromatic rings. The van der Waals surface area contributed by atoms with Crippen molar-refractivity contribution in [3.05, 3.63) is 59.4 Å². The summed E-state index contributed by atoms with van der Waals surface area (Å²) in [4.78, 5) is 4.23. The fourth-order valence-corrected chi connectivity index (χ4v) is 1.64. The van der Waals surface area contributed by atoms with Crippen LogP contribution in [-0.4, -0.2) is 11.6 Å². The van der Waals surface area contributed by atoms with Crippen LogP contribution in [0.4, 0.5) is 0 Å². The Balaban J connectivity index is 1.96. The van der Waals surface area contributed by atoms with Crippen molar-refractivity contribution in [2.45, 2.75) is 13.3 Å². The zero-order chi connectivity index (χ0) is 12.8. The summed E-state index contributed by atoms with van der Waals surface area (Å²) < 4.78 is 5.69. The van der Waals surface area contributed by atoms with Crippen LogP contribution in [-0.2, 0) is 6.42 Å². The highest BCUT2D eigenvalue weighted by Gasteiger charge is 2.02. The van der Waals surface area contributed by atoms with Crippen molar-refractivity contribution in [3.63, 3.8) is 0 Å². The molecule has 1 aromatic heterocycles. The molecule has 0 aliphatic carbocycles. The van der Waals surface area contributed by atoms with E-state index in [2.05, 4.69) is 11.1 Å². The van der Waals surface area contributed by atoms with Gasteiger partial charge < -0.3 is 4.74 Å². The first kappa shape index (κ1) is 12.1. The van der Waals surface area contributed by atoms with Crippen molar-refractivity contribution in [2.75, 3.05) is 6.61 Å². The largest absolute Gasteiger partial charge is 0.493 e. The van der Waals surface area contributed by atoms with Crippen LogP contribution in [0.15, 0.2) is 42.6 Å². The third-order valence-electron chi connectivity index (χ3n) is 2.66. The lowest BCUT2D eigenvalue weighted by Gasteiger charge is -2.09. The van der Waals surface area contributed by atoms with Crippen molar-refractivity contribution in [2.24, 2.45) is 0 Å². The molecule has 1 heterocycles. The molecule has 18 heavy (non-hydrogen) atoms. The Kier molecular flexibility index (Phi) is 3.93. The molecule has 0 unspecified atom stereocenters. The van der Waals surface area contributed by atoms with Gasteiger partial charge in [0.25, 0.3) is 0 Å². The van der Waals surface area contributed by atoms with Crippen LogP contribution < -0.4 is 4.74 Å². The van der Waals surface area contributed by atoms with Crippen LogP contribution in [0, 0.1) is 18.3 Å². The smallest absolute Gasteiger partial charge is 0.123 e. The van der Waals surface area contributed by atoms with E-state index in [1.165, 1.54) is 0 Å². The minimum atomic E-state index is 0.562. The highest BCUT2D eigenvalue weighted by atomic mass is 16.5. The summed E-state index contributed by atoms with van der Waals surface area (Å²) in [5, 5.41) is 8.84. The monoisotopic (exact) mass is 238 g/mol. The molecular formula is C15H14N2O. The average Bonchev–Trinajstić information content (AvgIpc) is 2.42. The molecule has 3 nitrogen and oxygen atoms in total. The van der Waals surface area contributed by atoms with E-state index in [9.17, 15) is 0 Å². The van der Waals surface area contributed by atoms with E-state index in [1.807, 2.05) is 31.2 Å². The number of hydrogen-bond acceptors (Lipinski definition) is 3. The number of ether oxygens (including phenoxy) is 1. The van der Waals surface area contributed by atoms with E-state index < -0.39 is 0 Å². The van der Waals surface area contributed by atoms with E-state index >= 15 is 0 Å². The summed E-state index contributed by atoms with van der Waals surface area (Å²) in [7, 11) is 0. The Morgan fingerprint density at radius 1 is 1.28 bits per heavy atom. The summed E-state index contributed by atoms with van der Waals surface area (Å²) >= 11 is 0. The van der Waals surface area contributed by atoms with E-state index in [1.54, 1.807) is 18.3 Å². The van der Waals surface area contributed by atoms with E-state index in [0.717, 1.165) is 23.4 Å². The van der Waals surface area contributed by atoms with Gasteiger partial charge in [-0.05, 0) is 36.8 Å². The molecule has 0 bridgehead atoms. The predicted octanol–water partition coefficient (Wildman–Crippen LogP) is 2.88. The number of nitriles is 1. The van der Waals surface area contributed by atoms with Gasteiger partial charge in [0, 0.05) is 18.3 Å². The number of benzene rings is 1. The fraction of sp³-hybridized carbons (Fsp3) is 0.200. The van der Waals surface area contributed by atoms with Crippen LogP contribution >= 0.6 is 0 Å². The molecule has 0 aliphatic heterocycles. The van der Waals surface area contributed by atoms with Gasteiger partial charge in [-0.2, -0.15) is 5.26 Å². The van der Waals surface area contributed by atoms with Crippen LogP contribution in [0.1, 0.15) is 16.8 Å². The molecule has 0 radical (unpaired) electrons. The number of nitrogens with zero attached hydrogens (tertiary/aromatic N) is 2. The van der Waals surface area contributed by atoms with Crippen molar-refractivity contribution in [1.82, 2.24) is 4.98 Å². The van der Waals surface area contributed by atoms with Crippen LogP contribution in [0.5, 0.6) is 5.75 Å². The maximum atomic E-state index is 8.84. The van der Waals surface area contributed by atoms with E-state index in [0.29, 0.717) is 12.2 Å². The minimum absolute atomic E-state index is 0.562. The number of hydrogen-bond donors (Lipinski definition) is 0. The van der Waals surface area contributed by atoms with E-state index in [4.69, 9.17) is 10.00 Å². The molecule has 0 amide bonds. The second-order valence-corrected chi connectivity index (χ2v) is 4.01. The third-order valence-corrected chi connectivity index (χ3v) is 2.66. The quantitative estimate of drug-likeness (QED) is 0.822. The summed E-state index contributed by atoms with van der Waals surface area (Å²) in [6.07, 6.45) is 2.54. The number of aromatic nitrogens is 1. The first-order valence-electron chi connectivity index (χ1n) is 5.83. The molecule has 3 heteroatoms. The topological polar surface area (TPSA) is 45.9 Å². The van der Waals surface area contributed by atoms with Gasteiger partial charge in [-0.3, -0.25) is 4.98 Å². The lowest BCUT2D eigenvalue weighted by molar-refractivity contribution is 0.318. The zero-order valence-electron chi connectivity index (χ0n) is 10.3. The third kappa shape index (κ3) is 3.08. The molecule has 90 valence electrons. The van der Waals surface area contributed by atoms with Crippen molar-refractivity contribution in [3.8, 4) is 11.8 Å².